The smallest absolute Gasteiger partial charge is 0.267 e. The number of aromatic nitrogens is 3. The number of carbonyl (C=O) groups is 1. The van der Waals surface area contributed by atoms with Crippen molar-refractivity contribution < 1.29 is 9.21 Å². The van der Waals surface area contributed by atoms with Gasteiger partial charge < -0.3 is 9.32 Å². The molecule has 0 bridgehead atoms. The summed E-state index contributed by atoms with van der Waals surface area (Å²) in [5, 5.41) is 0.933. The molecule has 0 unspecified atom stereocenters. The van der Waals surface area contributed by atoms with Crippen molar-refractivity contribution >= 4 is 28.6 Å². The summed E-state index contributed by atoms with van der Waals surface area (Å²) in [7, 11) is 1.72. The summed E-state index contributed by atoms with van der Waals surface area (Å²) >= 11 is 1.22. The highest BCUT2D eigenvalue weighted by molar-refractivity contribution is 7.99. The van der Waals surface area contributed by atoms with E-state index in [-0.39, 0.29) is 17.2 Å². The lowest BCUT2D eigenvalue weighted by Gasteiger charge is -2.16. The summed E-state index contributed by atoms with van der Waals surface area (Å²) in [5.74, 6) is 1.23. The Balaban J connectivity index is 1.66. The van der Waals surface area contributed by atoms with E-state index in [2.05, 4.69) is 9.97 Å². The summed E-state index contributed by atoms with van der Waals surface area (Å²) in [6.45, 7) is 2.31. The Morgan fingerprint density at radius 3 is 2.80 bits per heavy atom. The number of furan rings is 1. The minimum atomic E-state index is -0.211. The third-order valence-electron chi connectivity index (χ3n) is 4.60. The molecule has 0 saturated heterocycles. The van der Waals surface area contributed by atoms with E-state index in [0.717, 1.165) is 5.56 Å². The van der Waals surface area contributed by atoms with Crippen LogP contribution in [0.5, 0.6) is 0 Å². The minimum absolute atomic E-state index is 0.0949. The number of amides is 1. The van der Waals surface area contributed by atoms with Crippen LogP contribution in [0.15, 0.2) is 75.4 Å². The maximum Gasteiger partial charge on any atom is 0.267 e. The Kier molecular flexibility index (Phi) is 5.67. The van der Waals surface area contributed by atoms with Crippen molar-refractivity contribution in [2.24, 2.45) is 0 Å². The molecule has 0 N–H and O–H groups in total. The Morgan fingerprint density at radius 2 is 2.03 bits per heavy atom. The van der Waals surface area contributed by atoms with Gasteiger partial charge in [-0.2, -0.15) is 0 Å². The van der Waals surface area contributed by atoms with Crippen LogP contribution in [-0.2, 0) is 11.3 Å². The zero-order chi connectivity index (χ0) is 21.1. The second kappa shape index (κ2) is 8.54. The normalized spacial score (nSPS) is 11.0. The van der Waals surface area contributed by atoms with Crippen LogP contribution >= 0.6 is 11.8 Å². The molecule has 30 heavy (non-hydrogen) atoms. The average molecular weight is 420 g/mol. The number of para-hydroxylation sites is 1. The molecular weight excluding hydrogens is 400 g/mol. The van der Waals surface area contributed by atoms with Gasteiger partial charge in [0.1, 0.15) is 11.6 Å². The van der Waals surface area contributed by atoms with E-state index in [0.29, 0.717) is 34.2 Å². The zero-order valence-corrected chi connectivity index (χ0v) is 17.4. The molecule has 0 atom stereocenters. The van der Waals surface area contributed by atoms with Gasteiger partial charge in [0.2, 0.25) is 5.91 Å². The van der Waals surface area contributed by atoms with E-state index in [9.17, 15) is 9.59 Å². The van der Waals surface area contributed by atoms with Crippen molar-refractivity contribution in [3.8, 4) is 5.82 Å². The Labute approximate surface area is 177 Å². The van der Waals surface area contributed by atoms with Gasteiger partial charge in [0, 0.05) is 13.2 Å². The van der Waals surface area contributed by atoms with E-state index in [4.69, 9.17) is 4.42 Å². The topological polar surface area (TPSA) is 81.2 Å². The monoisotopic (exact) mass is 420 g/mol. The lowest BCUT2D eigenvalue weighted by Crippen LogP contribution is -2.28. The van der Waals surface area contributed by atoms with Crippen LogP contribution in [0, 0.1) is 6.92 Å². The lowest BCUT2D eigenvalue weighted by atomic mass is 10.2. The number of nitrogens with zero attached hydrogens (tertiary/aromatic N) is 4. The van der Waals surface area contributed by atoms with Gasteiger partial charge in [-0.15, -0.1) is 0 Å². The highest BCUT2D eigenvalue weighted by atomic mass is 32.2. The number of fused-ring (bicyclic) bond motifs is 1. The molecule has 3 heterocycles. The van der Waals surface area contributed by atoms with Crippen LogP contribution in [-0.4, -0.2) is 38.1 Å². The molecule has 1 amide bonds. The lowest BCUT2D eigenvalue weighted by molar-refractivity contribution is -0.127. The number of hydrogen-bond acceptors (Lipinski definition) is 6. The molecule has 0 saturated carbocycles. The van der Waals surface area contributed by atoms with Gasteiger partial charge in [0.25, 0.3) is 5.56 Å². The van der Waals surface area contributed by atoms with Gasteiger partial charge in [-0.3, -0.25) is 9.59 Å². The fraction of sp³-hybridized carbons (Fsp3) is 0.182. The molecule has 1 aromatic carbocycles. The van der Waals surface area contributed by atoms with Gasteiger partial charge in [-0.25, -0.2) is 14.5 Å². The highest BCUT2D eigenvalue weighted by Crippen LogP contribution is 2.21. The number of carbonyl (C=O) groups excluding carboxylic acids is 1. The van der Waals surface area contributed by atoms with E-state index in [1.807, 2.05) is 31.2 Å². The summed E-state index contributed by atoms with van der Waals surface area (Å²) in [6, 6.07) is 14.5. The molecule has 0 aliphatic carbocycles. The first-order valence-electron chi connectivity index (χ1n) is 9.37. The fourth-order valence-electron chi connectivity index (χ4n) is 3.01. The summed E-state index contributed by atoms with van der Waals surface area (Å²) in [5.41, 5.74) is 1.35. The minimum Gasteiger partial charge on any atom is -0.467 e. The van der Waals surface area contributed by atoms with Crippen molar-refractivity contribution in [2.75, 3.05) is 12.8 Å². The molecule has 0 spiro atoms. The van der Waals surface area contributed by atoms with Gasteiger partial charge >= 0.3 is 0 Å². The van der Waals surface area contributed by atoms with Gasteiger partial charge in [-0.05, 0) is 48.9 Å². The van der Waals surface area contributed by atoms with Crippen molar-refractivity contribution in [3.05, 3.63) is 82.7 Å². The average Bonchev–Trinajstić information content (AvgIpc) is 3.25. The maximum absolute atomic E-state index is 13.2. The predicted octanol–water partition coefficient (Wildman–Crippen LogP) is 3.43. The molecule has 4 aromatic rings. The molecule has 8 heteroatoms. The second-order valence-electron chi connectivity index (χ2n) is 6.86. The van der Waals surface area contributed by atoms with E-state index in [1.165, 1.54) is 16.3 Å². The number of rotatable bonds is 6. The largest absolute Gasteiger partial charge is 0.467 e. The molecule has 0 aliphatic heterocycles. The first kappa shape index (κ1) is 19.9. The van der Waals surface area contributed by atoms with E-state index in [1.54, 1.807) is 48.7 Å². The van der Waals surface area contributed by atoms with Crippen LogP contribution in [0.3, 0.4) is 0 Å². The Bertz CT molecular complexity index is 1250. The Morgan fingerprint density at radius 1 is 1.20 bits per heavy atom. The van der Waals surface area contributed by atoms with Crippen LogP contribution in [0.2, 0.25) is 0 Å². The van der Waals surface area contributed by atoms with Crippen molar-refractivity contribution in [1.82, 2.24) is 19.4 Å². The predicted molar refractivity (Wildman–Crippen MR) is 116 cm³/mol. The number of pyridine rings is 1. The van der Waals surface area contributed by atoms with Crippen LogP contribution < -0.4 is 5.56 Å². The maximum atomic E-state index is 13.2. The number of aryl methyl sites for hydroxylation is 1. The van der Waals surface area contributed by atoms with E-state index < -0.39 is 0 Å². The molecule has 3 aromatic heterocycles. The first-order chi connectivity index (χ1) is 14.5. The van der Waals surface area contributed by atoms with Gasteiger partial charge in [-0.1, -0.05) is 23.9 Å². The standard InChI is InChI=1S/C22H20N4O3S/c1-15-9-10-23-19(12-15)26-21(28)17-7-3-4-8-18(17)24-22(26)30-14-20(27)25(2)13-16-6-5-11-29-16/h3-12H,13-14H2,1-2H3. The Hall–Kier alpha value is -3.39. The quantitative estimate of drug-likeness (QED) is 0.351. The van der Waals surface area contributed by atoms with Crippen LogP contribution in [0.1, 0.15) is 11.3 Å². The second-order valence-corrected chi connectivity index (χ2v) is 7.80. The van der Waals surface area contributed by atoms with Crippen molar-refractivity contribution in [1.29, 1.82) is 0 Å². The van der Waals surface area contributed by atoms with E-state index >= 15 is 0 Å². The third kappa shape index (κ3) is 4.13. The highest BCUT2D eigenvalue weighted by Gasteiger charge is 2.17. The molecule has 0 aliphatic rings. The molecule has 4 rings (SSSR count). The fourth-order valence-corrected chi connectivity index (χ4v) is 3.96. The molecule has 0 radical (unpaired) electrons. The number of thioether (sulfide) groups is 1. The van der Waals surface area contributed by atoms with Crippen molar-refractivity contribution in [2.45, 2.75) is 18.6 Å². The molecule has 152 valence electrons. The van der Waals surface area contributed by atoms with Gasteiger partial charge in [0.05, 0.1) is 29.5 Å². The number of benzene rings is 1. The van der Waals surface area contributed by atoms with Crippen LogP contribution in [0.25, 0.3) is 16.7 Å². The molecule has 7 nitrogen and oxygen atoms in total. The summed E-state index contributed by atoms with van der Waals surface area (Å²) in [6.07, 6.45) is 3.23. The third-order valence-corrected chi connectivity index (χ3v) is 5.52. The first-order valence-corrected chi connectivity index (χ1v) is 10.4. The van der Waals surface area contributed by atoms with Gasteiger partial charge in [0.15, 0.2) is 5.16 Å². The molecule has 0 fully saturated rings. The molecular formula is C22H20N4O3S. The SMILES string of the molecule is Cc1ccnc(-n2c(SCC(=O)N(C)Cc3ccco3)nc3ccccc3c2=O)c1. The van der Waals surface area contributed by atoms with Crippen molar-refractivity contribution in [3.63, 3.8) is 0 Å². The summed E-state index contributed by atoms with van der Waals surface area (Å²) in [4.78, 5) is 36.4. The number of hydrogen-bond donors (Lipinski definition) is 0. The summed E-state index contributed by atoms with van der Waals surface area (Å²) < 4.78 is 6.77. The zero-order valence-electron chi connectivity index (χ0n) is 16.6. The van der Waals surface area contributed by atoms with Crippen LogP contribution in [0.4, 0.5) is 0 Å².